The first-order valence-electron chi connectivity index (χ1n) is 8.18. The third-order valence-corrected chi connectivity index (χ3v) is 4.15. The number of aryl methyl sites for hydroxylation is 3. The molecule has 1 heterocycles. The van der Waals surface area contributed by atoms with E-state index in [0.717, 1.165) is 40.3 Å². The van der Waals surface area contributed by atoms with Crippen molar-refractivity contribution in [2.45, 2.75) is 54.5 Å². The van der Waals surface area contributed by atoms with Gasteiger partial charge in [-0.05, 0) is 44.7 Å². The third-order valence-electron chi connectivity index (χ3n) is 4.15. The Hall–Kier alpha value is -2.10. The van der Waals surface area contributed by atoms with Gasteiger partial charge in [-0.15, -0.1) is 0 Å². The van der Waals surface area contributed by atoms with E-state index >= 15 is 0 Å². The van der Waals surface area contributed by atoms with Crippen molar-refractivity contribution in [1.29, 1.82) is 0 Å². The molecular formula is C19H27N3O. The van der Waals surface area contributed by atoms with Crippen molar-refractivity contribution in [3.05, 3.63) is 46.3 Å². The first-order chi connectivity index (χ1) is 10.8. The quantitative estimate of drug-likeness (QED) is 0.908. The van der Waals surface area contributed by atoms with Gasteiger partial charge in [-0.1, -0.05) is 32.0 Å². The molecule has 124 valence electrons. The van der Waals surface area contributed by atoms with Gasteiger partial charge in [-0.25, -0.2) is 0 Å². The van der Waals surface area contributed by atoms with E-state index < -0.39 is 0 Å². The zero-order valence-electron chi connectivity index (χ0n) is 15.0. The highest BCUT2D eigenvalue weighted by Gasteiger charge is 2.16. The normalized spacial score (nSPS) is 11.1. The van der Waals surface area contributed by atoms with Gasteiger partial charge in [0.1, 0.15) is 0 Å². The highest BCUT2D eigenvalue weighted by Crippen LogP contribution is 2.21. The maximum absolute atomic E-state index is 12.5. The lowest BCUT2D eigenvalue weighted by atomic mass is 10.1. The lowest BCUT2D eigenvalue weighted by Crippen LogP contribution is -2.17. The molecule has 0 bridgehead atoms. The number of carbonyl (C=O) groups is 1. The van der Waals surface area contributed by atoms with Crippen LogP contribution in [0.2, 0.25) is 0 Å². The molecule has 1 N–H and O–H groups in total. The first kappa shape index (κ1) is 17.3. The van der Waals surface area contributed by atoms with Gasteiger partial charge in [0.05, 0.1) is 12.1 Å². The second-order valence-electron chi connectivity index (χ2n) is 6.72. The van der Waals surface area contributed by atoms with Crippen LogP contribution in [0.5, 0.6) is 0 Å². The fourth-order valence-corrected chi connectivity index (χ4v) is 2.87. The monoisotopic (exact) mass is 313 g/mol. The van der Waals surface area contributed by atoms with Crippen LogP contribution >= 0.6 is 0 Å². The maximum atomic E-state index is 12.5. The summed E-state index contributed by atoms with van der Waals surface area (Å²) in [6.45, 7) is 13.3. The van der Waals surface area contributed by atoms with Crippen molar-refractivity contribution in [2.24, 2.45) is 5.92 Å². The summed E-state index contributed by atoms with van der Waals surface area (Å²) < 4.78 is 2.02. The van der Waals surface area contributed by atoms with Crippen molar-refractivity contribution in [3.8, 4) is 0 Å². The van der Waals surface area contributed by atoms with Crippen LogP contribution in [0.15, 0.2) is 18.2 Å². The Bertz CT molecular complexity index is 693. The summed E-state index contributed by atoms with van der Waals surface area (Å²) in [5.41, 5.74) is 6.16. The molecular weight excluding hydrogens is 286 g/mol. The van der Waals surface area contributed by atoms with Crippen molar-refractivity contribution < 1.29 is 4.79 Å². The lowest BCUT2D eigenvalue weighted by molar-refractivity contribution is -0.115. The van der Waals surface area contributed by atoms with Gasteiger partial charge < -0.3 is 5.32 Å². The summed E-state index contributed by atoms with van der Waals surface area (Å²) in [5.74, 6) is 0.544. The smallest absolute Gasteiger partial charge is 0.228 e. The molecule has 2 aromatic rings. The van der Waals surface area contributed by atoms with E-state index in [2.05, 4.69) is 24.3 Å². The van der Waals surface area contributed by atoms with Gasteiger partial charge in [0.15, 0.2) is 0 Å². The number of benzene rings is 1. The van der Waals surface area contributed by atoms with Gasteiger partial charge >= 0.3 is 0 Å². The van der Waals surface area contributed by atoms with Crippen molar-refractivity contribution in [1.82, 2.24) is 9.78 Å². The molecule has 0 spiro atoms. The number of rotatable bonds is 5. The van der Waals surface area contributed by atoms with Crippen molar-refractivity contribution in [3.63, 3.8) is 0 Å². The van der Waals surface area contributed by atoms with E-state index in [1.807, 2.05) is 50.6 Å². The molecule has 0 saturated carbocycles. The van der Waals surface area contributed by atoms with Gasteiger partial charge in [0, 0.05) is 23.5 Å². The SMILES string of the molecule is Cc1cccc(C)c1NC(=O)Cc1c(C)nn(CC(C)C)c1C. The maximum Gasteiger partial charge on any atom is 0.228 e. The molecule has 1 aromatic heterocycles. The van der Waals surface area contributed by atoms with Gasteiger partial charge in [0.25, 0.3) is 0 Å². The zero-order valence-corrected chi connectivity index (χ0v) is 15.0. The molecule has 4 heteroatoms. The Labute approximate surface area is 138 Å². The van der Waals surface area contributed by atoms with Crippen LogP contribution in [0.1, 0.15) is 41.9 Å². The molecule has 0 aliphatic rings. The molecule has 1 aromatic carbocycles. The summed E-state index contributed by atoms with van der Waals surface area (Å²) in [4.78, 5) is 12.5. The summed E-state index contributed by atoms with van der Waals surface area (Å²) >= 11 is 0. The van der Waals surface area contributed by atoms with Crippen LogP contribution in [-0.2, 0) is 17.8 Å². The summed E-state index contributed by atoms with van der Waals surface area (Å²) in [7, 11) is 0. The number of nitrogens with zero attached hydrogens (tertiary/aromatic N) is 2. The number of carbonyl (C=O) groups excluding carboxylic acids is 1. The molecule has 0 fully saturated rings. The average Bonchev–Trinajstić information content (AvgIpc) is 2.70. The van der Waals surface area contributed by atoms with Crippen LogP contribution in [0.3, 0.4) is 0 Å². The Balaban J connectivity index is 2.16. The van der Waals surface area contributed by atoms with Crippen LogP contribution < -0.4 is 5.32 Å². The molecule has 0 unspecified atom stereocenters. The third kappa shape index (κ3) is 4.01. The van der Waals surface area contributed by atoms with Gasteiger partial charge in [0.2, 0.25) is 5.91 Å². The van der Waals surface area contributed by atoms with E-state index in [-0.39, 0.29) is 5.91 Å². The molecule has 2 rings (SSSR count). The van der Waals surface area contributed by atoms with Gasteiger partial charge in [-0.2, -0.15) is 5.10 Å². The van der Waals surface area contributed by atoms with E-state index in [9.17, 15) is 4.79 Å². The largest absolute Gasteiger partial charge is 0.325 e. The predicted molar refractivity (Wildman–Crippen MR) is 94.8 cm³/mol. The Morgan fingerprint density at radius 2 is 1.78 bits per heavy atom. The fraction of sp³-hybridized carbons (Fsp3) is 0.474. The molecule has 0 radical (unpaired) electrons. The highest BCUT2D eigenvalue weighted by atomic mass is 16.1. The van der Waals surface area contributed by atoms with Crippen molar-refractivity contribution >= 4 is 11.6 Å². The summed E-state index contributed by atoms with van der Waals surface area (Å²) in [5, 5.41) is 7.64. The first-order valence-corrected chi connectivity index (χ1v) is 8.18. The number of nitrogens with one attached hydrogen (secondary N) is 1. The zero-order chi connectivity index (χ0) is 17.1. The number of amides is 1. The molecule has 0 saturated heterocycles. The number of aromatic nitrogens is 2. The van der Waals surface area contributed by atoms with Gasteiger partial charge in [-0.3, -0.25) is 9.48 Å². The minimum absolute atomic E-state index is 0.0118. The minimum Gasteiger partial charge on any atom is -0.325 e. The lowest BCUT2D eigenvalue weighted by Gasteiger charge is -2.12. The summed E-state index contributed by atoms with van der Waals surface area (Å²) in [6.07, 6.45) is 0.365. The molecule has 0 aliphatic heterocycles. The van der Waals surface area contributed by atoms with Crippen LogP contribution in [0.4, 0.5) is 5.69 Å². The number of para-hydroxylation sites is 1. The number of hydrogen-bond donors (Lipinski definition) is 1. The second kappa shape index (κ2) is 6.99. The number of hydrogen-bond acceptors (Lipinski definition) is 2. The Morgan fingerprint density at radius 1 is 1.17 bits per heavy atom. The van der Waals surface area contributed by atoms with E-state index in [1.54, 1.807) is 0 Å². The molecule has 4 nitrogen and oxygen atoms in total. The van der Waals surface area contributed by atoms with E-state index in [4.69, 9.17) is 0 Å². The van der Waals surface area contributed by atoms with Crippen LogP contribution in [0.25, 0.3) is 0 Å². The molecule has 0 atom stereocenters. The standard InChI is InChI=1S/C19H27N3O/c1-12(2)11-22-16(6)17(15(5)21-22)10-18(23)20-19-13(3)8-7-9-14(19)4/h7-9,12H,10-11H2,1-6H3,(H,20,23). The van der Waals surface area contributed by atoms with Crippen LogP contribution in [-0.4, -0.2) is 15.7 Å². The molecule has 1 amide bonds. The van der Waals surface area contributed by atoms with E-state index in [1.165, 1.54) is 0 Å². The topological polar surface area (TPSA) is 46.9 Å². The average molecular weight is 313 g/mol. The Morgan fingerprint density at radius 3 is 2.35 bits per heavy atom. The fourth-order valence-electron chi connectivity index (χ4n) is 2.87. The number of anilines is 1. The molecule has 0 aliphatic carbocycles. The highest BCUT2D eigenvalue weighted by molar-refractivity contribution is 5.94. The van der Waals surface area contributed by atoms with E-state index in [0.29, 0.717) is 12.3 Å². The van der Waals surface area contributed by atoms with Crippen LogP contribution in [0, 0.1) is 33.6 Å². The minimum atomic E-state index is 0.0118. The second-order valence-corrected chi connectivity index (χ2v) is 6.72. The van der Waals surface area contributed by atoms with Crippen molar-refractivity contribution in [2.75, 3.05) is 5.32 Å². The summed E-state index contributed by atoms with van der Waals surface area (Å²) in [6, 6.07) is 6.03. The predicted octanol–water partition coefficient (Wildman–Crippen LogP) is 3.95. The Kier molecular flexibility index (Phi) is 5.24. The molecule has 23 heavy (non-hydrogen) atoms.